The zero-order chi connectivity index (χ0) is 14.0. The number of carbonyl (C=O) groups is 1. The highest BCUT2D eigenvalue weighted by Crippen LogP contribution is 2.32. The van der Waals surface area contributed by atoms with E-state index in [9.17, 15) is 18.0 Å². The maximum Gasteiger partial charge on any atom is 0.434 e. The fourth-order valence-corrected chi connectivity index (χ4v) is 1.97. The van der Waals surface area contributed by atoms with Crippen LogP contribution in [0, 0.1) is 0 Å². The lowest BCUT2D eigenvalue weighted by Gasteiger charge is -2.20. The second-order valence-electron chi connectivity index (χ2n) is 4.14. The number of nitrogens with one attached hydrogen (secondary N) is 1. The first-order valence-corrected chi connectivity index (χ1v) is 5.91. The van der Waals surface area contributed by atoms with Crippen LogP contribution < -0.4 is 5.32 Å². The number of ether oxygens (including phenoxy) is 1. The van der Waals surface area contributed by atoms with Gasteiger partial charge < -0.3 is 10.1 Å². The molecule has 0 bridgehead atoms. The molecule has 1 aliphatic rings. The van der Waals surface area contributed by atoms with Crippen molar-refractivity contribution in [2.45, 2.75) is 26.1 Å². The molecule has 1 N–H and O–H groups in total. The van der Waals surface area contributed by atoms with Crippen LogP contribution in [0.25, 0.3) is 0 Å². The summed E-state index contributed by atoms with van der Waals surface area (Å²) in [6, 6.07) is 1.25. The van der Waals surface area contributed by atoms with E-state index in [-0.39, 0.29) is 13.2 Å². The number of halogens is 3. The Bertz CT molecular complexity index is 500. The molecule has 1 aliphatic heterocycles. The normalized spacial score (nSPS) is 14.9. The van der Waals surface area contributed by atoms with Gasteiger partial charge in [-0.25, -0.2) is 9.78 Å². The number of aromatic nitrogens is 1. The number of hydrogen-bond donors (Lipinski definition) is 1. The largest absolute Gasteiger partial charge is 0.462 e. The van der Waals surface area contributed by atoms with Crippen LogP contribution in [-0.4, -0.2) is 24.1 Å². The lowest BCUT2D eigenvalue weighted by atomic mass is 10.0. The Balaban J connectivity index is 2.52. The summed E-state index contributed by atoms with van der Waals surface area (Å²) in [5.41, 5.74) is -0.676. The first kappa shape index (κ1) is 13.8. The number of hydrogen-bond acceptors (Lipinski definition) is 4. The van der Waals surface area contributed by atoms with E-state index in [0.717, 1.165) is 0 Å². The third-order valence-corrected chi connectivity index (χ3v) is 2.82. The van der Waals surface area contributed by atoms with Crippen molar-refractivity contribution < 1.29 is 22.7 Å². The van der Waals surface area contributed by atoms with E-state index in [0.29, 0.717) is 24.2 Å². The van der Waals surface area contributed by atoms with Crippen molar-refractivity contribution in [2.75, 3.05) is 13.2 Å². The number of fused-ring (bicyclic) bond motifs is 1. The van der Waals surface area contributed by atoms with Gasteiger partial charge in [-0.3, -0.25) is 0 Å². The van der Waals surface area contributed by atoms with Crippen LogP contribution in [-0.2, 0) is 23.9 Å². The highest BCUT2D eigenvalue weighted by Gasteiger charge is 2.38. The van der Waals surface area contributed by atoms with Crippen molar-refractivity contribution in [1.29, 1.82) is 0 Å². The molecule has 0 saturated heterocycles. The molecule has 104 valence electrons. The molecule has 0 radical (unpaired) electrons. The van der Waals surface area contributed by atoms with Crippen LogP contribution in [0.2, 0.25) is 0 Å². The summed E-state index contributed by atoms with van der Waals surface area (Å²) < 4.78 is 43.4. The molecule has 0 amide bonds. The van der Waals surface area contributed by atoms with Gasteiger partial charge >= 0.3 is 12.1 Å². The highest BCUT2D eigenvalue weighted by atomic mass is 19.4. The lowest BCUT2D eigenvalue weighted by Crippen LogP contribution is -2.28. The van der Waals surface area contributed by atoms with Gasteiger partial charge in [-0.2, -0.15) is 13.2 Å². The molecule has 0 aromatic carbocycles. The molecular weight excluding hydrogens is 261 g/mol. The zero-order valence-electron chi connectivity index (χ0n) is 10.3. The molecule has 0 saturated carbocycles. The van der Waals surface area contributed by atoms with Crippen molar-refractivity contribution in [3.8, 4) is 0 Å². The number of carbonyl (C=O) groups excluding carboxylic acids is 1. The van der Waals surface area contributed by atoms with Gasteiger partial charge in [-0.15, -0.1) is 0 Å². The summed E-state index contributed by atoms with van der Waals surface area (Å²) in [5.74, 6) is -0.983. The van der Waals surface area contributed by atoms with E-state index in [1.54, 1.807) is 6.92 Å². The smallest absolute Gasteiger partial charge is 0.434 e. The summed E-state index contributed by atoms with van der Waals surface area (Å²) in [7, 11) is 0. The third-order valence-electron chi connectivity index (χ3n) is 2.82. The van der Waals surface area contributed by atoms with Gasteiger partial charge in [0.05, 0.1) is 17.9 Å². The monoisotopic (exact) mass is 274 g/mol. The minimum atomic E-state index is -4.67. The average molecular weight is 274 g/mol. The van der Waals surface area contributed by atoms with Gasteiger partial charge in [0.1, 0.15) is 0 Å². The van der Waals surface area contributed by atoms with Gasteiger partial charge in [-0.1, -0.05) is 0 Å². The van der Waals surface area contributed by atoms with Crippen molar-refractivity contribution in [3.05, 3.63) is 28.6 Å². The Morgan fingerprint density at radius 3 is 2.89 bits per heavy atom. The van der Waals surface area contributed by atoms with E-state index in [4.69, 9.17) is 0 Å². The van der Waals surface area contributed by atoms with Crippen molar-refractivity contribution in [3.63, 3.8) is 0 Å². The summed E-state index contributed by atoms with van der Waals surface area (Å²) in [6.45, 7) is 2.50. The Kier molecular flexibility index (Phi) is 3.75. The number of pyridine rings is 1. The summed E-state index contributed by atoms with van der Waals surface area (Å²) >= 11 is 0. The van der Waals surface area contributed by atoms with Crippen LogP contribution in [0.1, 0.15) is 34.2 Å². The number of alkyl halides is 3. The fourth-order valence-electron chi connectivity index (χ4n) is 1.97. The standard InChI is InChI=1S/C12H13F3N2O2/c1-2-19-11(18)8-5-7-3-4-16-6-9(7)17-10(8)12(13,14)15/h5,16H,2-4,6H2,1H3. The summed E-state index contributed by atoms with van der Waals surface area (Å²) in [6.07, 6.45) is -4.12. The molecule has 0 atom stereocenters. The van der Waals surface area contributed by atoms with Gasteiger partial charge in [0.2, 0.25) is 0 Å². The lowest BCUT2D eigenvalue weighted by molar-refractivity contribution is -0.141. The second kappa shape index (κ2) is 5.16. The van der Waals surface area contributed by atoms with Crippen molar-refractivity contribution >= 4 is 5.97 Å². The molecule has 1 aromatic rings. The van der Waals surface area contributed by atoms with Crippen LogP contribution in [0.5, 0.6) is 0 Å². The third kappa shape index (κ3) is 2.86. The second-order valence-corrected chi connectivity index (χ2v) is 4.14. The molecule has 2 rings (SSSR count). The van der Waals surface area contributed by atoms with Gasteiger partial charge in [-0.05, 0) is 31.5 Å². The van der Waals surface area contributed by atoms with Crippen LogP contribution >= 0.6 is 0 Å². The quantitative estimate of drug-likeness (QED) is 0.837. The molecule has 4 nitrogen and oxygen atoms in total. The molecule has 19 heavy (non-hydrogen) atoms. The molecule has 0 fully saturated rings. The molecule has 0 spiro atoms. The molecule has 0 unspecified atom stereocenters. The predicted octanol–water partition coefficient (Wildman–Crippen LogP) is 1.92. The molecular formula is C12H13F3N2O2. The highest BCUT2D eigenvalue weighted by molar-refractivity contribution is 5.91. The minimum Gasteiger partial charge on any atom is -0.462 e. The molecule has 2 heterocycles. The zero-order valence-corrected chi connectivity index (χ0v) is 10.3. The fraction of sp³-hybridized carbons (Fsp3) is 0.500. The van der Waals surface area contributed by atoms with E-state index < -0.39 is 23.4 Å². The van der Waals surface area contributed by atoms with E-state index in [1.165, 1.54) is 6.07 Å². The van der Waals surface area contributed by atoms with Gasteiger partial charge in [0, 0.05) is 6.54 Å². The Labute approximate surface area is 108 Å². The van der Waals surface area contributed by atoms with Gasteiger partial charge in [0.25, 0.3) is 0 Å². The minimum absolute atomic E-state index is 0.0226. The van der Waals surface area contributed by atoms with Gasteiger partial charge in [0.15, 0.2) is 5.69 Å². The number of rotatable bonds is 2. The van der Waals surface area contributed by atoms with Crippen LogP contribution in [0.4, 0.5) is 13.2 Å². The first-order chi connectivity index (χ1) is 8.93. The number of esters is 1. The number of nitrogens with zero attached hydrogens (tertiary/aromatic N) is 1. The summed E-state index contributed by atoms with van der Waals surface area (Å²) in [4.78, 5) is 15.2. The average Bonchev–Trinajstić information content (AvgIpc) is 2.36. The van der Waals surface area contributed by atoms with E-state index in [2.05, 4.69) is 15.0 Å². The molecule has 1 aromatic heterocycles. The Morgan fingerprint density at radius 2 is 2.26 bits per heavy atom. The maximum absolute atomic E-state index is 12.9. The van der Waals surface area contributed by atoms with E-state index >= 15 is 0 Å². The molecule has 0 aliphatic carbocycles. The predicted molar refractivity (Wildman–Crippen MR) is 60.6 cm³/mol. The van der Waals surface area contributed by atoms with Crippen molar-refractivity contribution in [1.82, 2.24) is 10.3 Å². The maximum atomic E-state index is 12.9. The van der Waals surface area contributed by atoms with Crippen LogP contribution in [0.15, 0.2) is 6.07 Å². The Hall–Kier alpha value is -1.63. The topological polar surface area (TPSA) is 51.2 Å². The van der Waals surface area contributed by atoms with Crippen LogP contribution in [0.3, 0.4) is 0 Å². The van der Waals surface area contributed by atoms with E-state index in [1.807, 2.05) is 0 Å². The summed E-state index contributed by atoms with van der Waals surface area (Å²) in [5, 5.41) is 2.95. The first-order valence-electron chi connectivity index (χ1n) is 5.91. The molecule has 7 heteroatoms. The van der Waals surface area contributed by atoms with Crippen molar-refractivity contribution in [2.24, 2.45) is 0 Å². The Morgan fingerprint density at radius 1 is 1.53 bits per heavy atom. The SMILES string of the molecule is CCOC(=O)c1cc2c(nc1C(F)(F)F)CNCC2.